The first-order valence-electron chi connectivity index (χ1n) is 14.6. The van der Waals surface area contributed by atoms with Crippen molar-refractivity contribution in [2.24, 2.45) is 5.73 Å². The Morgan fingerprint density at radius 3 is 2.36 bits per heavy atom. The van der Waals surface area contributed by atoms with Gasteiger partial charge in [0.15, 0.2) is 0 Å². The summed E-state index contributed by atoms with van der Waals surface area (Å²) in [4.78, 5) is 30.4. The molecular weight excluding hydrogens is 588 g/mol. The van der Waals surface area contributed by atoms with Gasteiger partial charge in [-0.25, -0.2) is 4.79 Å². The average Bonchev–Trinajstić information content (AvgIpc) is 3.00. The molecule has 1 aliphatic rings. The zero-order chi connectivity index (χ0) is 32.8. The van der Waals surface area contributed by atoms with Gasteiger partial charge in [-0.3, -0.25) is 10.2 Å². The van der Waals surface area contributed by atoms with Gasteiger partial charge >= 0.3 is 5.97 Å². The Bertz CT molecular complexity index is 1570. The second kappa shape index (κ2) is 14.3. The van der Waals surface area contributed by atoms with Crippen LogP contribution in [0.3, 0.4) is 0 Å². The molecule has 13 heteroatoms. The van der Waals surface area contributed by atoms with Crippen LogP contribution in [-0.4, -0.2) is 59.1 Å². The SMILES string of the molecule is CC(C)N(c1c(F)c(Oc2cccc(C(=N)N)c2)nc(Oc2ccc(C(=O)NCC3CCCCO3)cc2C(=O)O)c1F)C(C)C. The van der Waals surface area contributed by atoms with Gasteiger partial charge in [0.25, 0.3) is 17.7 Å². The maximum Gasteiger partial charge on any atom is 0.339 e. The molecule has 2 aromatic carbocycles. The summed E-state index contributed by atoms with van der Waals surface area (Å²) in [6, 6.07) is 8.88. The molecule has 3 aromatic rings. The summed E-state index contributed by atoms with van der Waals surface area (Å²) in [5.74, 6) is -6.14. The van der Waals surface area contributed by atoms with Gasteiger partial charge in [0, 0.05) is 36.4 Å². The van der Waals surface area contributed by atoms with Crippen molar-refractivity contribution in [3.63, 3.8) is 0 Å². The highest BCUT2D eigenvalue weighted by molar-refractivity contribution is 5.99. The third-order valence-corrected chi connectivity index (χ3v) is 7.17. The number of hydrogen-bond donors (Lipinski definition) is 4. The van der Waals surface area contributed by atoms with E-state index in [-0.39, 0.29) is 47.6 Å². The molecule has 1 fully saturated rings. The largest absolute Gasteiger partial charge is 0.478 e. The minimum Gasteiger partial charge on any atom is -0.478 e. The molecule has 0 radical (unpaired) electrons. The fourth-order valence-electron chi connectivity index (χ4n) is 5.11. The molecule has 0 saturated carbocycles. The van der Waals surface area contributed by atoms with E-state index in [0.717, 1.165) is 25.3 Å². The van der Waals surface area contributed by atoms with Crippen molar-refractivity contribution in [3.8, 4) is 23.3 Å². The summed E-state index contributed by atoms with van der Waals surface area (Å²) in [6.45, 7) is 7.90. The predicted molar refractivity (Wildman–Crippen MR) is 164 cm³/mol. The molecule has 0 spiro atoms. The van der Waals surface area contributed by atoms with E-state index in [0.29, 0.717) is 12.2 Å². The second-order valence-electron chi connectivity index (χ2n) is 11.2. The molecule has 5 N–H and O–H groups in total. The Morgan fingerprint density at radius 1 is 1.07 bits per heavy atom. The lowest BCUT2D eigenvalue weighted by Gasteiger charge is -2.33. The number of aromatic carboxylic acids is 1. The van der Waals surface area contributed by atoms with E-state index >= 15 is 8.78 Å². The predicted octanol–water partition coefficient (Wildman–Crippen LogP) is 5.85. The number of nitrogens with two attached hydrogens (primary N) is 1. The Kier molecular flexibility index (Phi) is 10.6. The van der Waals surface area contributed by atoms with Crippen LogP contribution in [0.15, 0.2) is 42.5 Å². The highest BCUT2D eigenvalue weighted by Gasteiger charge is 2.31. The normalized spacial score (nSPS) is 14.7. The lowest BCUT2D eigenvalue weighted by molar-refractivity contribution is 0.0169. The summed E-state index contributed by atoms with van der Waals surface area (Å²) in [5, 5.41) is 20.4. The molecule has 1 aromatic heterocycles. The highest BCUT2D eigenvalue weighted by atomic mass is 19.1. The number of anilines is 1. The Morgan fingerprint density at radius 2 is 1.76 bits per heavy atom. The number of nitrogens with zero attached hydrogens (tertiary/aromatic N) is 2. The maximum atomic E-state index is 16.1. The molecule has 45 heavy (non-hydrogen) atoms. The number of hydrogen-bond acceptors (Lipinski definition) is 8. The number of nitrogen functional groups attached to an aromatic ring is 1. The van der Waals surface area contributed by atoms with Crippen LogP contribution in [0.25, 0.3) is 0 Å². The smallest absolute Gasteiger partial charge is 0.339 e. The van der Waals surface area contributed by atoms with Crippen molar-refractivity contribution in [2.75, 3.05) is 18.1 Å². The maximum absolute atomic E-state index is 16.1. The molecule has 1 unspecified atom stereocenters. The van der Waals surface area contributed by atoms with Gasteiger partial charge in [-0.1, -0.05) is 12.1 Å². The van der Waals surface area contributed by atoms with Crippen molar-refractivity contribution in [2.45, 2.75) is 65.1 Å². The quantitative estimate of drug-likeness (QED) is 0.143. The van der Waals surface area contributed by atoms with Crippen molar-refractivity contribution in [1.82, 2.24) is 10.3 Å². The number of nitrogens with one attached hydrogen (secondary N) is 2. The van der Waals surface area contributed by atoms with E-state index < -0.39 is 46.5 Å². The average molecular weight is 626 g/mol. The zero-order valence-electron chi connectivity index (χ0n) is 25.5. The number of carboxylic acid groups (broad SMARTS) is 1. The molecule has 4 rings (SSSR count). The van der Waals surface area contributed by atoms with Gasteiger partial charge in [-0.2, -0.15) is 13.8 Å². The van der Waals surface area contributed by atoms with Crippen LogP contribution in [0.2, 0.25) is 0 Å². The Labute approximate surface area is 259 Å². The minimum atomic E-state index is -1.44. The van der Waals surface area contributed by atoms with Gasteiger partial charge in [0.2, 0.25) is 11.6 Å². The molecule has 1 amide bonds. The Hall–Kier alpha value is -4.78. The number of benzene rings is 2. The van der Waals surface area contributed by atoms with Crippen LogP contribution in [0.1, 0.15) is 73.2 Å². The van der Waals surface area contributed by atoms with Crippen molar-refractivity contribution in [3.05, 3.63) is 70.8 Å². The standard InChI is InChI=1S/C32H37F2N5O6/c1-17(2)39(18(3)4)27-25(33)30(44-21-10-7-8-19(14-21)28(35)36)38-31(26(27)34)45-24-12-11-20(15-23(24)32(41)42)29(40)37-16-22-9-5-6-13-43-22/h7-8,10-12,14-15,17-18,22H,5-6,9,13,16H2,1-4H3,(H3,35,36)(H,37,40)(H,41,42). The lowest BCUT2D eigenvalue weighted by atomic mass is 10.1. The van der Waals surface area contributed by atoms with Gasteiger partial charge < -0.3 is 35.3 Å². The van der Waals surface area contributed by atoms with Gasteiger partial charge in [-0.05, 0) is 77.3 Å². The van der Waals surface area contributed by atoms with E-state index in [1.54, 1.807) is 39.8 Å². The van der Waals surface area contributed by atoms with Crippen LogP contribution in [0, 0.1) is 17.0 Å². The number of halogens is 2. The number of pyridine rings is 1. The first-order chi connectivity index (χ1) is 21.4. The summed E-state index contributed by atoms with van der Waals surface area (Å²) >= 11 is 0. The fourth-order valence-corrected chi connectivity index (χ4v) is 5.11. The molecule has 0 bridgehead atoms. The van der Waals surface area contributed by atoms with E-state index in [2.05, 4.69) is 10.3 Å². The summed E-state index contributed by atoms with van der Waals surface area (Å²) in [7, 11) is 0. The van der Waals surface area contributed by atoms with Crippen LogP contribution < -0.4 is 25.4 Å². The minimum absolute atomic E-state index is 0.0453. The summed E-state index contributed by atoms with van der Waals surface area (Å²) < 4.78 is 49.1. The van der Waals surface area contributed by atoms with Crippen LogP contribution in [0.4, 0.5) is 14.5 Å². The fraction of sp³-hybridized carbons (Fsp3) is 0.375. The summed E-state index contributed by atoms with van der Waals surface area (Å²) in [5.41, 5.74) is 4.99. The third kappa shape index (κ3) is 7.85. The molecule has 1 atom stereocenters. The lowest BCUT2D eigenvalue weighted by Crippen LogP contribution is -2.38. The van der Waals surface area contributed by atoms with Crippen LogP contribution >= 0.6 is 0 Å². The number of carboxylic acids is 1. The van der Waals surface area contributed by atoms with Gasteiger partial charge in [0.05, 0.1) is 6.10 Å². The number of aromatic nitrogens is 1. The summed E-state index contributed by atoms with van der Waals surface area (Å²) in [6.07, 6.45) is 2.65. The number of amidine groups is 1. The van der Waals surface area contributed by atoms with Crippen molar-refractivity contribution < 1.29 is 37.7 Å². The van der Waals surface area contributed by atoms with E-state index in [1.165, 1.54) is 29.2 Å². The molecule has 240 valence electrons. The van der Waals surface area contributed by atoms with Crippen molar-refractivity contribution in [1.29, 1.82) is 5.41 Å². The van der Waals surface area contributed by atoms with Crippen LogP contribution in [0.5, 0.6) is 23.3 Å². The number of rotatable bonds is 12. The topological polar surface area (TPSA) is 160 Å². The zero-order valence-corrected chi connectivity index (χ0v) is 25.5. The molecule has 11 nitrogen and oxygen atoms in total. The highest BCUT2D eigenvalue weighted by Crippen LogP contribution is 2.40. The molecule has 1 aliphatic heterocycles. The monoisotopic (exact) mass is 625 g/mol. The first-order valence-corrected chi connectivity index (χ1v) is 14.6. The van der Waals surface area contributed by atoms with Gasteiger partial charge in [-0.15, -0.1) is 0 Å². The van der Waals surface area contributed by atoms with Crippen LogP contribution in [-0.2, 0) is 4.74 Å². The number of ether oxygens (including phenoxy) is 3. The number of amides is 1. The van der Waals surface area contributed by atoms with Crippen molar-refractivity contribution >= 4 is 23.4 Å². The van der Waals surface area contributed by atoms with E-state index in [9.17, 15) is 14.7 Å². The molecule has 0 aliphatic carbocycles. The van der Waals surface area contributed by atoms with E-state index in [4.69, 9.17) is 25.4 Å². The van der Waals surface area contributed by atoms with Gasteiger partial charge in [0.1, 0.15) is 28.6 Å². The molecule has 2 heterocycles. The van der Waals surface area contributed by atoms with E-state index in [1.807, 2.05) is 0 Å². The number of carbonyl (C=O) groups is 2. The first kappa shape index (κ1) is 33.1. The molecular formula is C32H37F2N5O6. The second-order valence-corrected chi connectivity index (χ2v) is 11.2. The number of carbonyl (C=O) groups excluding carboxylic acids is 1. The third-order valence-electron chi connectivity index (χ3n) is 7.17. The Balaban J connectivity index is 1.73. The molecule has 1 saturated heterocycles.